The molecule has 1 saturated heterocycles. The van der Waals surface area contributed by atoms with E-state index in [0.717, 1.165) is 32.6 Å². The topological polar surface area (TPSA) is 61.5 Å². The third kappa shape index (κ3) is 3.78. The van der Waals surface area contributed by atoms with Gasteiger partial charge < -0.3 is 16.2 Å². The van der Waals surface area contributed by atoms with E-state index in [1.54, 1.807) is 0 Å². The molecule has 1 aliphatic heterocycles. The molecule has 0 radical (unpaired) electrons. The van der Waals surface area contributed by atoms with Crippen molar-refractivity contribution in [2.75, 3.05) is 26.2 Å². The monoisotopic (exact) mass is 249 g/mol. The minimum Gasteiger partial charge on any atom is -0.390 e. The largest absolute Gasteiger partial charge is 0.390 e. The van der Waals surface area contributed by atoms with Gasteiger partial charge >= 0.3 is 0 Å². The van der Waals surface area contributed by atoms with Gasteiger partial charge in [0.05, 0.1) is 6.10 Å². The molecule has 4 heteroatoms. The molecule has 18 heavy (non-hydrogen) atoms. The second-order valence-electron chi connectivity index (χ2n) is 4.92. The van der Waals surface area contributed by atoms with E-state index >= 15 is 0 Å². The van der Waals surface area contributed by atoms with Gasteiger partial charge in [-0.05, 0) is 18.5 Å². The molecule has 0 spiro atoms. The molecule has 2 atom stereocenters. The number of hydrogen-bond donors (Lipinski definition) is 3. The average Bonchev–Trinajstić information content (AvgIpc) is 2.39. The highest BCUT2D eigenvalue weighted by Gasteiger charge is 2.26. The molecule has 1 fully saturated rings. The van der Waals surface area contributed by atoms with Gasteiger partial charge in [-0.3, -0.25) is 4.90 Å². The molecule has 0 saturated carbocycles. The number of piperidine rings is 1. The van der Waals surface area contributed by atoms with Crippen molar-refractivity contribution >= 4 is 0 Å². The summed E-state index contributed by atoms with van der Waals surface area (Å²) in [5.41, 5.74) is 6.79. The standard InChI is InChI=1S/C14H23N3O/c15-7-9-17-8-6-13(14(18)11-17)16-10-12-4-2-1-3-5-12/h1-5,13-14,16,18H,6-11,15H2. The van der Waals surface area contributed by atoms with E-state index in [2.05, 4.69) is 22.3 Å². The Morgan fingerprint density at radius 3 is 2.78 bits per heavy atom. The van der Waals surface area contributed by atoms with Crippen molar-refractivity contribution in [2.45, 2.75) is 25.1 Å². The second kappa shape index (κ2) is 6.85. The van der Waals surface area contributed by atoms with E-state index in [-0.39, 0.29) is 12.1 Å². The number of nitrogens with one attached hydrogen (secondary N) is 1. The molecule has 1 heterocycles. The van der Waals surface area contributed by atoms with Crippen molar-refractivity contribution < 1.29 is 5.11 Å². The molecule has 0 bridgehead atoms. The average molecular weight is 249 g/mol. The number of aliphatic hydroxyl groups excluding tert-OH is 1. The first-order chi connectivity index (χ1) is 8.79. The van der Waals surface area contributed by atoms with Crippen molar-refractivity contribution in [3.8, 4) is 0 Å². The Hall–Kier alpha value is -0.940. The van der Waals surface area contributed by atoms with Crippen LogP contribution in [-0.2, 0) is 6.54 Å². The zero-order valence-electron chi connectivity index (χ0n) is 10.8. The Morgan fingerprint density at radius 1 is 1.33 bits per heavy atom. The molecular weight excluding hydrogens is 226 g/mol. The van der Waals surface area contributed by atoms with Crippen LogP contribution in [0.15, 0.2) is 30.3 Å². The molecular formula is C14H23N3O. The third-order valence-electron chi connectivity index (χ3n) is 3.52. The minimum atomic E-state index is -0.297. The van der Waals surface area contributed by atoms with E-state index in [0.29, 0.717) is 6.54 Å². The lowest BCUT2D eigenvalue weighted by molar-refractivity contribution is 0.0413. The summed E-state index contributed by atoms with van der Waals surface area (Å²) >= 11 is 0. The van der Waals surface area contributed by atoms with Crippen LogP contribution in [0.4, 0.5) is 0 Å². The zero-order valence-corrected chi connectivity index (χ0v) is 10.8. The van der Waals surface area contributed by atoms with Crippen molar-refractivity contribution in [3.63, 3.8) is 0 Å². The summed E-state index contributed by atoms with van der Waals surface area (Å²) in [6.45, 7) is 4.10. The Balaban J connectivity index is 1.77. The first-order valence-corrected chi connectivity index (χ1v) is 6.67. The third-order valence-corrected chi connectivity index (χ3v) is 3.52. The predicted molar refractivity (Wildman–Crippen MR) is 73.2 cm³/mol. The summed E-state index contributed by atoms with van der Waals surface area (Å²) in [5.74, 6) is 0. The van der Waals surface area contributed by atoms with Crippen molar-refractivity contribution in [3.05, 3.63) is 35.9 Å². The molecule has 0 aromatic heterocycles. The number of hydrogen-bond acceptors (Lipinski definition) is 4. The van der Waals surface area contributed by atoms with E-state index < -0.39 is 0 Å². The van der Waals surface area contributed by atoms with Crippen LogP contribution in [0.2, 0.25) is 0 Å². The fraction of sp³-hybridized carbons (Fsp3) is 0.571. The van der Waals surface area contributed by atoms with Gasteiger partial charge in [-0.1, -0.05) is 30.3 Å². The molecule has 4 N–H and O–H groups in total. The summed E-state index contributed by atoms with van der Waals surface area (Å²) in [4.78, 5) is 2.23. The first-order valence-electron chi connectivity index (χ1n) is 6.67. The maximum absolute atomic E-state index is 10.1. The number of benzene rings is 1. The van der Waals surface area contributed by atoms with E-state index in [4.69, 9.17) is 5.73 Å². The highest BCUT2D eigenvalue weighted by atomic mass is 16.3. The van der Waals surface area contributed by atoms with Crippen LogP contribution < -0.4 is 11.1 Å². The van der Waals surface area contributed by atoms with Gasteiger partial charge in [-0.15, -0.1) is 0 Å². The summed E-state index contributed by atoms with van der Waals surface area (Å²) < 4.78 is 0. The normalized spacial score (nSPS) is 25.2. The van der Waals surface area contributed by atoms with Crippen LogP contribution in [0.3, 0.4) is 0 Å². The molecule has 1 aromatic carbocycles. The highest BCUT2D eigenvalue weighted by Crippen LogP contribution is 2.11. The summed E-state index contributed by atoms with van der Waals surface area (Å²) in [6, 6.07) is 10.5. The van der Waals surface area contributed by atoms with Gasteiger partial charge in [-0.2, -0.15) is 0 Å². The lowest BCUT2D eigenvalue weighted by atomic mass is 10.0. The van der Waals surface area contributed by atoms with Gasteiger partial charge in [0.1, 0.15) is 0 Å². The Bertz CT molecular complexity index is 344. The van der Waals surface area contributed by atoms with Gasteiger partial charge in [0.25, 0.3) is 0 Å². The van der Waals surface area contributed by atoms with Crippen LogP contribution in [-0.4, -0.2) is 48.3 Å². The lowest BCUT2D eigenvalue weighted by Crippen LogP contribution is -2.53. The fourth-order valence-electron chi connectivity index (χ4n) is 2.47. The molecule has 4 nitrogen and oxygen atoms in total. The minimum absolute atomic E-state index is 0.194. The Labute approximate surface area is 109 Å². The van der Waals surface area contributed by atoms with Crippen LogP contribution in [0.5, 0.6) is 0 Å². The van der Waals surface area contributed by atoms with Crippen LogP contribution >= 0.6 is 0 Å². The SMILES string of the molecule is NCCN1CCC(NCc2ccccc2)C(O)C1. The summed E-state index contributed by atoms with van der Waals surface area (Å²) in [6.07, 6.45) is 0.683. The maximum Gasteiger partial charge on any atom is 0.0820 e. The van der Waals surface area contributed by atoms with Crippen molar-refractivity contribution in [1.82, 2.24) is 10.2 Å². The second-order valence-corrected chi connectivity index (χ2v) is 4.92. The summed E-state index contributed by atoms with van der Waals surface area (Å²) in [5, 5.41) is 13.5. The van der Waals surface area contributed by atoms with Gasteiger partial charge in [0, 0.05) is 32.2 Å². The maximum atomic E-state index is 10.1. The molecule has 0 amide bonds. The Morgan fingerprint density at radius 2 is 2.11 bits per heavy atom. The molecule has 100 valence electrons. The lowest BCUT2D eigenvalue weighted by Gasteiger charge is -2.36. The molecule has 0 aliphatic carbocycles. The number of nitrogens with two attached hydrogens (primary N) is 1. The number of aliphatic hydroxyl groups is 1. The van der Waals surface area contributed by atoms with Crippen LogP contribution in [0.25, 0.3) is 0 Å². The van der Waals surface area contributed by atoms with E-state index in [1.807, 2.05) is 18.2 Å². The van der Waals surface area contributed by atoms with Crippen LogP contribution in [0.1, 0.15) is 12.0 Å². The number of β-amino-alcohol motifs (C(OH)–C–C–N with tert-alkyl or cyclic N) is 1. The quantitative estimate of drug-likeness (QED) is 0.696. The molecule has 1 aliphatic rings. The van der Waals surface area contributed by atoms with Gasteiger partial charge in [-0.25, -0.2) is 0 Å². The predicted octanol–water partition coefficient (Wildman–Crippen LogP) is 0.170. The number of likely N-dealkylation sites (tertiary alicyclic amines) is 1. The first kappa shape index (κ1) is 13.5. The van der Waals surface area contributed by atoms with Crippen molar-refractivity contribution in [1.29, 1.82) is 0 Å². The summed E-state index contributed by atoms with van der Waals surface area (Å²) in [7, 11) is 0. The molecule has 1 aromatic rings. The van der Waals surface area contributed by atoms with Gasteiger partial charge in [0.2, 0.25) is 0 Å². The fourth-order valence-corrected chi connectivity index (χ4v) is 2.47. The van der Waals surface area contributed by atoms with Crippen molar-refractivity contribution in [2.24, 2.45) is 5.73 Å². The Kier molecular flexibility index (Phi) is 5.13. The van der Waals surface area contributed by atoms with Gasteiger partial charge in [0.15, 0.2) is 0 Å². The van der Waals surface area contributed by atoms with E-state index in [9.17, 15) is 5.11 Å². The van der Waals surface area contributed by atoms with Crippen LogP contribution in [0, 0.1) is 0 Å². The molecule has 2 rings (SSSR count). The highest BCUT2D eigenvalue weighted by molar-refractivity contribution is 5.14. The zero-order chi connectivity index (χ0) is 12.8. The molecule has 2 unspecified atom stereocenters. The number of nitrogens with zero attached hydrogens (tertiary/aromatic N) is 1. The number of rotatable bonds is 5. The van der Waals surface area contributed by atoms with E-state index in [1.165, 1.54) is 5.56 Å². The smallest absolute Gasteiger partial charge is 0.0820 e.